The van der Waals surface area contributed by atoms with Crippen LogP contribution in [-0.4, -0.2) is 36.9 Å². The van der Waals surface area contributed by atoms with Gasteiger partial charge >= 0.3 is 0 Å². The number of amides is 1. The zero-order chi connectivity index (χ0) is 17.0. The van der Waals surface area contributed by atoms with Crippen LogP contribution in [0.2, 0.25) is 0 Å². The number of carbonyl (C=O) groups is 1. The fraction of sp³-hybridized carbons (Fsp3) is 0.632. The number of ether oxygens (including phenoxy) is 1. The predicted octanol–water partition coefficient (Wildman–Crippen LogP) is 2.54. The van der Waals surface area contributed by atoms with E-state index in [1.54, 1.807) is 12.1 Å². The molecular weight excluding hydrogens is 309 g/mol. The Bertz CT molecular complexity index is 548. The Morgan fingerprint density at radius 2 is 1.88 bits per heavy atom. The summed E-state index contributed by atoms with van der Waals surface area (Å²) in [6.07, 6.45) is 5.05. The monoisotopic (exact) mass is 335 g/mol. The maximum atomic E-state index is 13.2. The van der Waals surface area contributed by atoms with Crippen LogP contribution in [0.4, 0.5) is 4.39 Å². The van der Waals surface area contributed by atoms with Crippen LogP contribution in [0.1, 0.15) is 44.1 Å². The van der Waals surface area contributed by atoms with Gasteiger partial charge in [0.15, 0.2) is 0 Å². The summed E-state index contributed by atoms with van der Waals surface area (Å²) in [5, 5.41) is 13.2. The lowest BCUT2D eigenvalue weighted by Crippen LogP contribution is -2.50. The van der Waals surface area contributed by atoms with Crippen molar-refractivity contribution >= 4 is 5.91 Å². The molecule has 24 heavy (non-hydrogen) atoms. The van der Waals surface area contributed by atoms with Crippen molar-refractivity contribution in [2.75, 3.05) is 19.8 Å². The van der Waals surface area contributed by atoms with Gasteiger partial charge in [-0.25, -0.2) is 4.39 Å². The van der Waals surface area contributed by atoms with Crippen molar-refractivity contribution in [2.24, 2.45) is 5.92 Å². The first kappa shape index (κ1) is 17.4. The van der Waals surface area contributed by atoms with E-state index in [4.69, 9.17) is 4.74 Å². The summed E-state index contributed by atoms with van der Waals surface area (Å²) >= 11 is 0. The largest absolute Gasteiger partial charge is 0.391 e. The van der Waals surface area contributed by atoms with Crippen molar-refractivity contribution in [1.29, 1.82) is 0 Å². The second-order valence-electron chi connectivity index (χ2n) is 7.02. The molecule has 1 aliphatic carbocycles. The van der Waals surface area contributed by atoms with Crippen molar-refractivity contribution in [2.45, 2.75) is 50.0 Å². The van der Waals surface area contributed by atoms with Gasteiger partial charge < -0.3 is 15.2 Å². The molecule has 1 aromatic rings. The first-order chi connectivity index (χ1) is 11.6. The molecule has 0 bridgehead atoms. The van der Waals surface area contributed by atoms with Crippen LogP contribution in [0, 0.1) is 11.7 Å². The molecule has 2 aliphatic rings. The summed E-state index contributed by atoms with van der Waals surface area (Å²) in [6, 6.07) is 6.17. The SMILES string of the molecule is O=C(NCC(O)C1CCCC1)C1(c2ccc(F)cc2)CCOCC1. The van der Waals surface area contributed by atoms with Crippen molar-refractivity contribution in [3.05, 3.63) is 35.6 Å². The Hall–Kier alpha value is -1.46. The van der Waals surface area contributed by atoms with E-state index in [9.17, 15) is 14.3 Å². The van der Waals surface area contributed by atoms with Gasteiger partial charge in [0.25, 0.3) is 0 Å². The van der Waals surface area contributed by atoms with Crippen molar-refractivity contribution in [3.8, 4) is 0 Å². The standard InChI is InChI=1S/C19H26FNO3/c20-16-7-5-15(6-8-16)19(9-11-24-12-10-19)18(23)21-13-17(22)14-3-1-2-4-14/h5-8,14,17,22H,1-4,9-13H2,(H,21,23). The van der Waals surface area contributed by atoms with Gasteiger partial charge in [-0.15, -0.1) is 0 Å². The molecule has 132 valence electrons. The van der Waals surface area contributed by atoms with Crippen LogP contribution >= 0.6 is 0 Å². The highest BCUT2D eigenvalue weighted by Gasteiger charge is 2.42. The molecule has 0 spiro atoms. The van der Waals surface area contributed by atoms with Gasteiger partial charge in [-0.2, -0.15) is 0 Å². The Kier molecular flexibility index (Phi) is 5.51. The second-order valence-corrected chi connectivity index (χ2v) is 7.02. The van der Waals surface area contributed by atoms with E-state index in [0.717, 1.165) is 31.2 Å². The fourth-order valence-electron chi connectivity index (χ4n) is 4.01. The van der Waals surface area contributed by atoms with E-state index < -0.39 is 11.5 Å². The summed E-state index contributed by atoms with van der Waals surface area (Å²) < 4.78 is 18.7. The summed E-state index contributed by atoms with van der Waals surface area (Å²) in [7, 11) is 0. The van der Waals surface area contributed by atoms with E-state index in [1.165, 1.54) is 12.1 Å². The van der Waals surface area contributed by atoms with Crippen LogP contribution in [0.15, 0.2) is 24.3 Å². The predicted molar refractivity (Wildman–Crippen MR) is 89.1 cm³/mol. The molecule has 1 amide bonds. The smallest absolute Gasteiger partial charge is 0.230 e. The normalized spacial score (nSPS) is 22.2. The molecule has 1 heterocycles. The third-order valence-corrected chi connectivity index (χ3v) is 5.59. The lowest BCUT2D eigenvalue weighted by Gasteiger charge is -2.36. The Morgan fingerprint density at radius 1 is 1.25 bits per heavy atom. The Labute approximate surface area is 142 Å². The zero-order valence-corrected chi connectivity index (χ0v) is 14.0. The van der Waals surface area contributed by atoms with Crippen molar-refractivity contribution in [3.63, 3.8) is 0 Å². The summed E-state index contributed by atoms with van der Waals surface area (Å²) in [4.78, 5) is 13.0. The molecule has 1 unspecified atom stereocenters. The van der Waals surface area contributed by atoms with Crippen LogP contribution < -0.4 is 5.32 Å². The number of halogens is 1. The molecule has 4 nitrogen and oxygen atoms in total. The number of hydrogen-bond acceptors (Lipinski definition) is 3. The molecule has 2 N–H and O–H groups in total. The molecule has 1 atom stereocenters. The Morgan fingerprint density at radius 3 is 2.50 bits per heavy atom. The summed E-state index contributed by atoms with van der Waals surface area (Å²) in [6.45, 7) is 1.30. The topological polar surface area (TPSA) is 58.6 Å². The van der Waals surface area contributed by atoms with Crippen molar-refractivity contribution < 1.29 is 19.0 Å². The summed E-state index contributed by atoms with van der Waals surface area (Å²) in [5.41, 5.74) is 0.126. The van der Waals surface area contributed by atoms with Gasteiger partial charge in [0.05, 0.1) is 11.5 Å². The molecule has 3 rings (SSSR count). The van der Waals surface area contributed by atoms with E-state index in [2.05, 4.69) is 5.32 Å². The highest BCUT2D eigenvalue weighted by Crippen LogP contribution is 2.35. The van der Waals surface area contributed by atoms with Gasteiger partial charge in [-0.05, 0) is 49.3 Å². The van der Waals surface area contributed by atoms with Crippen LogP contribution in [0.3, 0.4) is 0 Å². The third kappa shape index (κ3) is 3.62. The Balaban J connectivity index is 1.70. The molecule has 0 aromatic heterocycles. The zero-order valence-electron chi connectivity index (χ0n) is 14.0. The second kappa shape index (κ2) is 7.62. The first-order valence-electron chi connectivity index (χ1n) is 8.92. The third-order valence-electron chi connectivity index (χ3n) is 5.59. The summed E-state index contributed by atoms with van der Waals surface area (Å²) in [5.74, 6) is -0.103. The number of rotatable bonds is 5. The minimum Gasteiger partial charge on any atom is -0.391 e. The first-order valence-corrected chi connectivity index (χ1v) is 8.92. The van der Waals surface area contributed by atoms with Crippen molar-refractivity contribution in [1.82, 2.24) is 5.32 Å². The van der Waals surface area contributed by atoms with Gasteiger partial charge in [0.2, 0.25) is 5.91 Å². The highest BCUT2D eigenvalue weighted by atomic mass is 19.1. The van der Waals surface area contributed by atoms with Crippen LogP contribution in [-0.2, 0) is 14.9 Å². The molecule has 1 aliphatic heterocycles. The molecule has 2 fully saturated rings. The lowest BCUT2D eigenvalue weighted by atomic mass is 9.73. The average Bonchev–Trinajstić information content (AvgIpc) is 3.15. The number of aliphatic hydroxyl groups is 1. The number of carbonyl (C=O) groups excluding carboxylic acids is 1. The fourth-order valence-corrected chi connectivity index (χ4v) is 4.01. The van der Waals surface area contributed by atoms with Gasteiger partial charge in [0.1, 0.15) is 5.82 Å². The molecule has 5 heteroatoms. The van der Waals surface area contributed by atoms with E-state index in [0.29, 0.717) is 32.0 Å². The van der Waals surface area contributed by atoms with E-state index in [1.807, 2.05) is 0 Å². The lowest BCUT2D eigenvalue weighted by molar-refractivity contribution is -0.131. The maximum Gasteiger partial charge on any atom is 0.230 e. The van der Waals surface area contributed by atoms with Crippen LogP contribution in [0.25, 0.3) is 0 Å². The molecular formula is C19H26FNO3. The molecule has 1 saturated carbocycles. The molecule has 1 aromatic carbocycles. The number of nitrogens with one attached hydrogen (secondary N) is 1. The minimum absolute atomic E-state index is 0.0885. The van der Waals surface area contributed by atoms with Gasteiger partial charge in [0, 0.05) is 19.8 Å². The van der Waals surface area contributed by atoms with E-state index >= 15 is 0 Å². The van der Waals surface area contributed by atoms with Crippen LogP contribution in [0.5, 0.6) is 0 Å². The van der Waals surface area contributed by atoms with Gasteiger partial charge in [-0.3, -0.25) is 4.79 Å². The minimum atomic E-state index is -0.693. The maximum absolute atomic E-state index is 13.2. The average molecular weight is 335 g/mol. The number of aliphatic hydroxyl groups excluding tert-OH is 1. The van der Waals surface area contributed by atoms with Gasteiger partial charge in [-0.1, -0.05) is 25.0 Å². The number of hydrogen-bond donors (Lipinski definition) is 2. The number of benzene rings is 1. The quantitative estimate of drug-likeness (QED) is 0.869. The highest BCUT2D eigenvalue weighted by molar-refractivity contribution is 5.88. The van der Waals surface area contributed by atoms with E-state index in [-0.39, 0.29) is 18.3 Å². The molecule has 1 saturated heterocycles. The molecule has 0 radical (unpaired) electrons.